The number of primary sulfonamides is 1. The molecule has 0 amide bonds. The van der Waals surface area contributed by atoms with E-state index in [0.29, 0.717) is 0 Å². The molecule has 120 valence electrons. The summed E-state index contributed by atoms with van der Waals surface area (Å²) in [5.74, 6) is -1.36. The molecular weight excluding hydrogens is 332 g/mol. The molecule has 0 bridgehead atoms. The van der Waals surface area contributed by atoms with Crippen LogP contribution < -0.4 is 15.6 Å². The summed E-state index contributed by atoms with van der Waals surface area (Å²) < 4.78 is 99.9. The quantitative estimate of drug-likeness (QED) is 0.802. The van der Waals surface area contributed by atoms with Crippen LogP contribution >= 0.6 is 0 Å². The van der Waals surface area contributed by atoms with Crippen LogP contribution in [0.2, 0.25) is 0 Å². The average molecular weight is 339 g/mol. The summed E-state index contributed by atoms with van der Waals surface area (Å²) in [6.45, 7) is -0.800. The van der Waals surface area contributed by atoms with E-state index in [1.54, 1.807) is 0 Å². The molecule has 0 radical (unpaired) electrons. The Morgan fingerprint density at radius 3 is 2.05 bits per heavy atom. The van der Waals surface area contributed by atoms with Crippen LogP contribution in [0, 0.1) is 0 Å². The lowest BCUT2D eigenvalue weighted by atomic mass is 10.2. The number of nitrogens with zero attached hydrogens (tertiary/aromatic N) is 1. The topological polar surface area (TPSA) is 108 Å². The second-order valence-electron chi connectivity index (χ2n) is 3.58. The molecule has 1 aromatic rings. The lowest BCUT2D eigenvalue weighted by Crippen LogP contribution is -2.24. The van der Waals surface area contributed by atoms with Crippen molar-refractivity contribution in [3.05, 3.63) is 17.3 Å². The van der Waals surface area contributed by atoms with Gasteiger partial charge in [-0.05, 0) is 6.07 Å². The van der Waals surface area contributed by atoms with Gasteiger partial charge >= 0.3 is 12.5 Å². The van der Waals surface area contributed by atoms with E-state index in [0.717, 1.165) is 0 Å². The first-order valence-electron chi connectivity index (χ1n) is 4.85. The van der Waals surface area contributed by atoms with Crippen molar-refractivity contribution in [3.8, 4) is 5.75 Å². The molecule has 1 aromatic heterocycles. The van der Waals surface area contributed by atoms with Crippen LogP contribution in [0.15, 0.2) is 11.1 Å². The highest BCUT2D eigenvalue weighted by Gasteiger charge is 2.40. The fourth-order valence-corrected chi connectivity index (χ4v) is 2.01. The molecule has 13 heteroatoms. The van der Waals surface area contributed by atoms with E-state index >= 15 is 0 Å². The van der Waals surface area contributed by atoms with Gasteiger partial charge in [0.2, 0.25) is 0 Å². The molecule has 0 aliphatic heterocycles. The summed E-state index contributed by atoms with van der Waals surface area (Å²) in [5, 5.41) is 2.93. The highest BCUT2D eigenvalue weighted by molar-refractivity contribution is 7.89. The Kier molecular flexibility index (Phi) is 4.41. The maximum Gasteiger partial charge on any atom is 0.573 e. The smallest absolute Gasteiger partial charge is 0.404 e. The summed E-state index contributed by atoms with van der Waals surface area (Å²) in [6, 6.07) is -0.164. The molecule has 0 atom stereocenters. The third kappa shape index (κ3) is 4.44. The molecule has 1 heterocycles. The molecule has 4 N–H and O–H groups in total. The number of nitrogens with two attached hydrogens (primary N) is 2. The molecule has 0 saturated heterocycles. The van der Waals surface area contributed by atoms with Crippen LogP contribution in [-0.4, -0.2) is 19.8 Å². The lowest BCUT2D eigenvalue weighted by molar-refractivity contribution is -0.275. The minimum atomic E-state index is -5.31. The van der Waals surface area contributed by atoms with Crippen molar-refractivity contribution in [3.63, 3.8) is 0 Å². The zero-order valence-corrected chi connectivity index (χ0v) is 10.6. The van der Waals surface area contributed by atoms with Crippen LogP contribution in [0.3, 0.4) is 0 Å². The number of aromatic nitrogens is 1. The molecular formula is C8H7F6N3O3S. The maximum atomic E-state index is 12.7. The van der Waals surface area contributed by atoms with E-state index in [1.807, 2.05) is 0 Å². The van der Waals surface area contributed by atoms with Gasteiger partial charge in [-0.3, -0.25) is 0 Å². The molecule has 0 aliphatic carbocycles. The molecule has 0 saturated carbocycles. The Morgan fingerprint density at radius 2 is 1.71 bits per heavy atom. The Balaban J connectivity index is 3.65. The van der Waals surface area contributed by atoms with Crippen LogP contribution in [0.4, 0.5) is 26.3 Å². The Hall–Kier alpha value is -1.60. The molecule has 21 heavy (non-hydrogen) atoms. The average Bonchev–Trinajstić information content (AvgIpc) is 2.23. The van der Waals surface area contributed by atoms with E-state index in [4.69, 9.17) is 5.73 Å². The number of pyridine rings is 1. The highest BCUT2D eigenvalue weighted by atomic mass is 32.2. The SMILES string of the molecule is NCc1nc(S(N)(=O)=O)c(C(F)(F)F)cc1OC(F)(F)F. The molecule has 0 aromatic carbocycles. The molecule has 6 nitrogen and oxygen atoms in total. The fraction of sp³-hybridized carbons (Fsp3) is 0.375. The van der Waals surface area contributed by atoms with Gasteiger partial charge in [0.15, 0.2) is 10.8 Å². The zero-order chi connectivity index (χ0) is 16.6. The third-order valence-electron chi connectivity index (χ3n) is 2.02. The minimum absolute atomic E-state index is 0.164. The van der Waals surface area contributed by atoms with E-state index in [9.17, 15) is 34.8 Å². The molecule has 0 spiro atoms. The number of alkyl halides is 6. The van der Waals surface area contributed by atoms with Crippen molar-refractivity contribution in [2.75, 3.05) is 0 Å². The van der Waals surface area contributed by atoms with Crippen molar-refractivity contribution in [2.45, 2.75) is 24.1 Å². The van der Waals surface area contributed by atoms with Crippen molar-refractivity contribution in [2.24, 2.45) is 10.9 Å². The largest absolute Gasteiger partial charge is 0.573 e. The van der Waals surface area contributed by atoms with Gasteiger partial charge in [0.25, 0.3) is 10.0 Å². The van der Waals surface area contributed by atoms with E-state index in [-0.39, 0.29) is 6.07 Å². The number of hydrogen-bond donors (Lipinski definition) is 2. The van der Waals surface area contributed by atoms with Crippen molar-refractivity contribution in [1.29, 1.82) is 0 Å². The van der Waals surface area contributed by atoms with E-state index < -0.39 is 51.1 Å². The van der Waals surface area contributed by atoms with Gasteiger partial charge in [-0.15, -0.1) is 13.2 Å². The fourth-order valence-electron chi connectivity index (χ4n) is 1.29. The predicted octanol–water partition coefficient (Wildman–Crippen LogP) is 1.11. The molecule has 0 fully saturated rings. The second kappa shape index (κ2) is 5.31. The molecule has 0 aliphatic rings. The van der Waals surface area contributed by atoms with Gasteiger partial charge in [0.1, 0.15) is 0 Å². The summed E-state index contributed by atoms with van der Waals surface area (Å²) in [6.07, 6.45) is -10.6. The number of hydrogen-bond acceptors (Lipinski definition) is 5. The van der Waals surface area contributed by atoms with Gasteiger partial charge in [0, 0.05) is 6.54 Å². The van der Waals surface area contributed by atoms with Crippen LogP contribution in [0.5, 0.6) is 5.75 Å². The van der Waals surface area contributed by atoms with E-state index in [1.165, 1.54) is 0 Å². The first kappa shape index (κ1) is 17.5. The monoisotopic (exact) mass is 339 g/mol. The van der Waals surface area contributed by atoms with Gasteiger partial charge in [0.05, 0.1) is 11.3 Å². The van der Waals surface area contributed by atoms with Gasteiger partial charge in [-0.2, -0.15) is 13.2 Å². The van der Waals surface area contributed by atoms with Crippen LogP contribution in [0.25, 0.3) is 0 Å². The van der Waals surface area contributed by atoms with Crippen molar-refractivity contribution < 1.29 is 39.5 Å². The Morgan fingerprint density at radius 1 is 1.19 bits per heavy atom. The van der Waals surface area contributed by atoms with Gasteiger partial charge < -0.3 is 10.5 Å². The van der Waals surface area contributed by atoms with Crippen LogP contribution in [0.1, 0.15) is 11.3 Å². The minimum Gasteiger partial charge on any atom is -0.404 e. The number of ether oxygens (including phenoxy) is 1. The number of rotatable bonds is 3. The van der Waals surface area contributed by atoms with Gasteiger partial charge in [-0.1, -0.05) is 0 Å². The number of sulfonamides is 1. The summed E-state index contributed by atoms with van der Waals surface area (Å²) in [7, 11) is -4.93. The third-order valence-corrected chi connectivity index (χ3v) is 2.87. The number of halogens is 6. The van der Waals surface area contributed by atoms with Crippen molar-refractivity contribution in [1.82, 2.24) is 4.98 Å². The normalized spacial score (nSPS) is 13.3. The first-order valence-corrected chi connectivity index (χ1v) is 6.40. The Labute approximate surface area is 113 Å². The highest BCUT2D eigenvalue weighted by Crippen LogP contribution is 2.37. The summed E-state index contributed by atoms with van der Waals surface area (Å²) >= 11 is 0. The first-order chi connectivity index (χ1) is 9.25. The molecule has 1 rings (SSSR count). The summed E-state index contributed by atoms with van der Waals surface area (Å²) in [5.41, 5.74) is 2.19. The predicted molar refractivity (Wildman–Crippen MR) is 55.2 cm³/mol. The van der Waals surface area contributed by atoms with Crippen molar-refractivity contribution >= 4 is 10.0 Å². The summed E-state index contributed by atoms with van der Waals surface area (Å²) in [4.78, 5) is 2.93. The Bertz CT molecular complexity index is 640. The van der Waals surface area contributed by atoms with E-state index in [2.05, 4.69) is 14.9 Å². The zero-order valence-electron chi connectivity index (χ0n) is 9.79. The maximum absolute atomic E-state index is 12.7. The second-order valence-corrected chi connectivity index (χ2v) is 5.06. The lowest BCUT2D eigenvalue weighted by Gasteiger charge is -2.16. The van der Waals surface area contributed by atoms with Crippen LogP contribution in [-0.2, 0) is 22.7 Å². The standard InChI is InChI=1S/C8H7F6N3O3S/c9-7(10,11)3-1-5(20-8(12,13)14)4(2-15)17-6(3)21(16,18)19/h1H,2,15H2,(H2,16,18,19). The molecule has 0 unspecified atom stereocenters. The van der Waals surface area contributed by atoms with Gasteiger partial charge in [-0.25, -0.2) is 18.5 Å².